The molecule has 4 aromatic rings. The molecule has 1 aliphatic rings. The average Bonchev–Trinajstić information content (AvgIpc) is 3.14. The van der Waals surface area contributed by atoms with Crippen LogP contribution in [0.2, 0.25) is 5.02 Å². The van der Waals surface area contributed by atoms with Crippen LogP contribution >= 0.6 is 11.6 Å². The van der Waals surface area contributed by atoms with Crippen LogP contribution in [0.4, 0.5) is 4.39 Å². The zero-order valence-electron chi connectivity index (χ0n) is 17.1. The first-order chi connectivity index (χ1) is 15.0. The van der Waals surface area contributed by atoms with Crippen LogP contribution in [0.5, 0.6) is 0 Å². The van der Waals surface area contributed by atoms with Crippen LogP contribution in [0.15, 0.2) is 48.8 Å². The van der Waals surface area contributed by atoms with Crippen molar-refractivity contribution in [1.29, 1.82) is 0 Å². The minimum absolute atomic E-state index is 0.0294. The molecule has 4 heterocycles. The Morgan fingerprint density at radius 1 is 1.06 bits per heavy atom. The van der Waals surface area contributed by atoms with Crippen molar-refractivity contribution in [2.45, 2.75) is 13.5 Å². The molecule has 0 radical (unpaired) electrons. The summed E-state index contributed by atoms with van der Waals surface area (Å²) in [4.78, 5) is 26.3. The van der Waals surface area contributed by atoms with Crippen LogP contribution in [0.1, 0.15) is 21.7 Å². The number of piperazine rings is 1. The predicted octanol–water partition coefficient (Wildman–Crippen LogP) is 3.94. The third-order valence-electron chi connectivity index (χ3n) is 5.71. The van der Waals surface area contributed by atoms with Gasteiger partial charge in [-0.2, -0.15) is 0 Å². The molecular weight excluding hydrogens is 417 g/mol. The summed E-state index contributed by atoms with van der Waals surface area (Å²) in [6.07, 6.45) is 3.84. The summed E-state index contributed by atoms with van der Waals surface area (Å²) in [7, 11) is 0. The molecule has 0 N–H and O–H groups in total. The zero-order chi connectivity index (χ0) is 21.5. The highest BCUT2D eigenvalue weighted by Crippen LogP contribution is 2.20. The van der Waals surface area contributed by atoms with Crippen molar-refractivity contribution in [3.05, 3.63) is 76.6 Å². The number of carbonyl (C=O) groups excluding carboxylic acids is 1. The first-order valence-electron chi connectivity index (χ1n) is 10.2. The molecule has 31 heavy (non-hydrogen) atoms. The first-order valence-corrected chi connectivity index (χ1v) is 10.6. The van der Waals surface area contributed by atoms with E-state index in [9.17, 15) is 9.18 Å². The van der Waals surface area contributed by atoms with Gasteiger partial charge in [-0.15, -0.1) is 0 Å². The van der Waals surface area contributed by atoms with E-state index in [4.69, 9.17) is 11.6 Å². The normalized spacial score (nSPS) is 15.1. The molecular formula is C23H21ClFN5O. The van der Waals surface area contributed by atoms with Crippen LogP contribution in [0.3, 0.4) is 0 Å². The third-order valence-corrected chi connectivity index (χ3v) is 5.93. The highest BCUT2D eigenvalue weighted by molar-refractivity contribution is 6.30. The number of hydrogen-bond acceptors (Lipinski definition) is 4. The van der Waals surface area contributed by atoms with Crippen molar-refractivity contribution in [2.75, 3.05) is 26.2 Å². The number of aromatic nitrogens is 3. The molecule has 8 heteroatoms. The van der Waals surface area contributed by atoms with Crippen LogP contribution in [-0.4, -0.2) is 56.3 Å². The van der Waals surface area contributed by atoms with Gasteiger partial charge in [0.15, 0.2) is 0 Å². The maximum atomic E-state index is 13.5. The maximum Gasteiger partial charge on any atom is 0.255 e. The number of amides is 1. The number of pyridine rings is 2. The van der Waals surface area contributed by atoms with E-state index in [1.165, 1.54) is 12.1 Å². The van der Waals surface area contributed by atoms with Gasteiger partial charge in [0, 0.05) is 56.6 Å². The second kappa shape index (κ2) is 7.90. The van der Waals surface area contributed by atoms with Gasteiger partial charge in [0.25, 0.3) is 5.91 Å². The monoisotopic (exact) mass is 437 g/mol. The van der Waals surface area contributed by atoms with E-state index in [1.807, 2.05) is 39.9 Å². The van der Waals surface area contributed by atoms with Gasteiger partial charge in [-0.1, -0.05) is 11.6 Å². The summed E-state index contributed by atoms with van der Waals surface area (Å²) in [5, 5.41) is 1.44. The Bertz CT molecular complexity index is 1300. The maximum absolute atomic E-state index is 13.5. The van der Waals surface area contributed by atoms with E-state index in [1.54, 1.807) is 13.0 Å². The number of carbonyl (C=O) groups is 1. The molecule has 0 unspecified atom stereocenters. The first kappa shape index (κ1) is 19.9. The molecule has 1 saturated heterocycles. The van der Waals surface area contributed by atoms with E-state index in [0.717, 1.165) is 36.4 Å². The molecule has 1 aliphatic heterocycles. The largest absolute Gasteiger partial charge is 0.336 e. The SMILES string of the molecule is Cc1nc2cc(F)ccc2cc1C(=O)N1CCN(Cc2cn3cc(Cl)ccc3n2)CC1. The van der Waals surface area contributed by atoms with E-state index in [2.05, 4.69) is 14.9 Å². The summed E-state index contributed by atoms with van der Waals surface area (Å²) in [6.45, 7) is 5.34. The molecule has 0 bridgehead atoms. The summed E-state index contributed by atoms with van der Waals surface area (Å²) in [5.41, 5.74) is 3.60. The van der Waals surface area contributed by atoms with Crippen molar-refractivity contribution < 1.29 is 9.18 Å². The van der Waals surface area contributed by atoms with Gasteiger partial charge in [-0.25, -0.2) is 9.37 Å². The second-order valence-corrected chi connectivity index (χ2v) is 8.31. The highest BCUT2D eigenvalue weighted by Gasteiger charge is 2.24. The van der Waals surface area contributed by atoms with E-state index in [-0.39, 0.29) is 11.7 Å². The second-order valence-electron chi connectivity index (χ2n) is 7.87. The van der Waals surface area contributed by atoms with E-state index >= 15 is 0 Å². The van der Waals surface area contributed by atoms with Gasteiger partial charge in [0.05, 0.1) is 27.5 Å². The molecule has 0 aliphatic carbocycles. The molecule has 1 amide bonds. The lowest BCUT2D eigenvalue weighted by molar-refractivity contribution is 0.0626. The minimum atomic E-state index is -0.330. The molecule has 1 aromatic carbocycles. The highest BCUT2D eigenvalue weighted by atomic mass is 35.5. The van der Waals surface area contributed by atoms with E-state index in [0.29, 0.717) is 34.9 Å². The Labute approximate surface area is 183 Å². The Morgan fingerprint density at radius 2 is 1.87 bits per heavy atom. The van der Waals surface area contributed by atoms with Crippen LogP contribution < -0.4 is 0 Å². The lowest BCUT2D eigenvalue weighted by Crippen LogP contribution is -2.48. The Kier molecular flexibility index (Phi) is 5.08. The zero-order valence-corrected chi connectivity index (χ0v) is 17.8. The van der Waals surface area contributed by atoms with Gasteiger partial charge in [-0.3, -0.25) is 14.7 Å². The molecule has 6 nitrogen and oxygen atoms in total. The van der Waals surface area contributed by atoms with Gasteiger partial charge in [-0.05, 0) is 37.3 Å². The Hall–Kier alpha value is -3.03. The van der Waals surface area contributed by atoms with Crippen molar-refractivity contribution in [3.8, 4) is 0 Å². The lowest BCUT2D eigenvalue weighted by Gasteiger charge is -2.34. The molecule has 0 spiro atoms. The third kappa shape index (κ3) is 3.98. The molecule has 0 saturated carbocycles. The van der Waals surface area contributed by atoms with Crippen LogP contribution in [0, 0.1) is 12.7 Å². The van der Waals surface area contributed by atoms with E-state index < -0.39 is 0 Å². The minimum Gasteiger partial charge on any atom is -0.336 e. The van der Waals surface area contributed by atoms with Crippen LogP contribution in [-0.2, 0) is 6.54 Å². The van der Waals surface area contributed by atoms with Gasteiger partial charge >= 0.3 is 0 Å². The van der Waals surface area contributed by atoms with Crippen molar-refractivity contribution >= 4 is 34.1 Å². The fourth-order valence-corrected chi connectivity index (χ4v) is 4.22. The summed E-state index contributed by atoms with van der Waals surface area (Å²) < 4.78 is 15.4. The molecule has 3 aromatic heterocycles. The standard InChI is InChI=1S/C23H21ClFN5O/c1-15-20(10-16-2-4-18(25)11-21(16)26-15)23(31)29-8-6-28(7-9-29)13-19-14-30-12-17(24)3-5-22(30)27-19/h2-5,10-12,14H,6-9,13H2,1H3. The summed E-state index contributed by atoms with van der Waals surface area (Å²) in [5.74, 6) is -0.360. The Balaban J connectivity index is 1.26. The van der Waals surface area contributed by atoms with Gasteiger partial charge in [0.2, 0.25) is 0 Å². The predicted molar refractivity (Wildman–Crippen MR) is 118 cm³/mol. The number of imidazole rings is 1. The number of rotatable bonds is 3. The van der Waals surface area contributed by atoms with Gasteiger partial charge < -0.3 is 9.30 Å². The number of nitrogens with zero attached hydrogens (tertiary/aromatic N) is 5. The number of hydrogen-bond donors (Lipinski definition) is 0. The Morgan fingerprint density at radius 3 is 2.68 bits per heavy atom. The average molecular weight is 438 g/mol. The lowest BCUT2D eigenvalue weighted by atomic mass is 10.1. The molecule has 158 valence electrons. The topological polar surface area (TPSA) is 53.7 Å². The van der Waals surface area contributed by atoms with Crippen molar-refractivity contribution in [3.63, 3.8) is 0 Å². The van der Waals surface area contributed by atoms with Crippen molar-refractivity contribution in [1.82, 2.24) is 24.2 Å². The number of fused-ring (bicyclic) bond motifs is 2. The number of halogens is 2. The molecule has 5 rings (SSSR count). The smallest absolute Gasteiger partial charge is 0.255 e. The molecule has 0 atom stereocenters. The number of benzene rings is 1. The fourth-order valence-electron chi connectivity index (χ4n) is 4.05. The number of aryl methyl sites for hydroxylation is 1. The molecule has 1 fully saturated rings. The van der Waals surface area contributed by atoms with Crippen LogP contribution in [0.25, 0.3) is 16.6 Å². The quantitative estimate of drug-likeness (QED) is 0.487. The van der Waals surface area contributed by atoms with Gasteiger partial charge in [0.1, 0.15) is 11.5 Å². The van der Waals surface area contributed by atoms with Crippen molar-refractivity contribution in [2.24, 2.45) is 0 Å². The summed E-state index contributed by atoms with van der Waals surface area (Å²) >= 11 is 6.05. The summed E-state index contributed by atoms with van der Waals surface area (Å²) in [6, 6.07) is 9.98. The fraction of sp³-hybridized carbons (Fsp3) is 0.261.